The van der Waals surface area contributed by atoms with Gasteiger partial charge < -0.3 is 10.0 Å². The molecule has 2 aliphatic rings. The highest BCUT2D eigenvalue weighted by atomic mass is 16.4. The molecule has 6 nitrogen and oxygen atoms in total. The molecule has 2 heterocycles. The van der Waals surface area contributed by atoms with E-state index in [1.807, 2.05) is 38.1 Å². The SMILES string of the molecule is Cc1cccc(-n2ncc(C(=O)N3C[C@@H]4CCC[C@@]4(C(=O)O)C3)c2C)c1. The van der Waals surface area contributed by atoms with Gasteiger partial charge in [0.15, 0.2) is 0 Å². The number of hydrogen-bond acceptors (Lipinski definition) is 3. The molecule has 136 valence electrons. The second-order valence-electron chi connectivity index (χ2n) is 7.63. The maximum atomic E-state index is 13.1. The van der Waals surface area contributed by atoms with Gasteiger partial charge in [0.2, 0.25) is 0 Å². The molecule has 4 rings (SSSR count). The molecule has 1 aromatic carbocycles. The van der Waals surface area contributed by atoms with Gasteiger partial charge in [0.05, 0.1) is 28.6 Å². The summed E-state index contributed by atoms with van der Waals surface area (Å²) in [5.41, 5.74) is 2.62. The predicted octanol–water partition coefficient (Wildman–Crippen LogP) is 2.82. The number of aryl methyl sites for hydroxylation is 1. The standard InChI is InChI=1S/C20H23N3O3/c1-13-5-3-7-16(9-13)23-14(2)17(10-21-23)18(24)22-11-15-6-4-8-20(15,12-22)19(25)26/h3,5,7,9-10,15H,4,6,8,11-12H2,1-2H3,(H,25,26)/t15-,20+/m0/s1. The van der Waals surface area contributed by atoms with Crippen molar-refractivity contribution in [2.75, 3.05) is 13.1 Å². The van der Waals surface area contributed by atoms with Crippen LogP contribution < -0.4 is 0 Å². The fraction of sp³-hybridized carbons (Fsp3) is 0.450. The van der Waals surface area contributed by atoms with E-state index in [9.17, 15) is 14.7 Å². The van der Waals surface area contributed by atoms with Gasteiger partial charge >= 0.3 is 5.97 Å². The van der Waals surface area contributed by atoms with Crippen LogP contribution in [0, 0.1) is 25.2 Å². The number of aliphatic carboxylic acids is 1. The predicted molar refractivity (Wildman–Crippen MR) is 96.4 cm³/mol. The Morgan fingerprint density at radius 1 is 1.31 bits per heavy atom. The lowest BCUT2D eigenvalue weighted by Crippen LogP contribution is -2.37. The van der Waals surface area contributed by atoms with Crippen molar-refractivity contribution < 1.29 is 14.7 Å². The second kappa shape index (κ2) is 5.97. The maximum absolute atomic E-state index is 13.1. The van der Waals surface area contributed by atoms with Crippen LogP contribution in [0.25, 0.3) is 5.69 Å². The van der Waals surface area contributed by atoms with Gasteiger partial charge in [0, 0.05) is 13.1 Å². The lowest BCUT2D eigenvalue weighted by molar-refractivity contribution is -0.149. The van der Waals surface area contributed by atoms with Crippen molar-refractivity contribution in [3.8, 4) is 5.69 Å². The molecule has 1 saturated carbocycles. The third-order valence-corrected chi connectivity index (χ3v) is 6.07. The normalized spacial score (nSPS) is 24.7. The number of carbonyl (C=O) groups excluding carboxylic acids is 1. The topological polar surface area (TPSA) is 75.4 Å². The summed E-state index contributed by atoms with van der Waals surface area (Å²) in [5.74, 6) is -0.810. The largest absolute Gasteiger partial charge is 0.481 e. The number of hydrogen-bond donors (Lipinski definition) is 1. The molecule has 2 fully saturated rings. The molecule has 1 aliphatic heterocycles. The van der Waals surface area contributed by atoms with Crippen LogP contribution in [0.2, 0.25) is 0 Å². The van der Waals surface area contributed by atoms with Crippen molar-refractivity contribution in [3.05, 3.63) is 47.3 Å². The molecule has 0 unspecified atom stereocenters. The molecule has 0 radical (unpaired) electrons. The first kappa shape index (κ1) is 16.8. The number of aromatic nitrogens is 2. The van der Waals surface area contributed by atoms with E-state index in [-0.39, 0.29) is 11.8 Å². The fourth-order valence-corrected chi connectivity index (χ4v) is 4.60. The van der Waals surface area contributed by atoms with Crippen molar-refractivity contribution >= 4 is 11.9 Å². The zero-order chi connectivity index (χ0) is 18.5. The number of benzene rings is 1. The van der Waals surface area contributed by atoms with Crippen LogP contribution in [0.3, 0.4) is 0 Å². The highest BCUT2D eigenvalue weighted by Crippen LogP contribution is 2.49. The molecule has 2 atom stereocenters. The molecule has 1 aromatic heterocycles. The van der Waals surface area contributed by atoms with Crippen LogP contribution in [-0.4, -0.2) is 44.8 Å². The monoisotopic (exact) mass is 353 g/mol. The van der Waals surface area contributed by atoms with Crippen LogP contribution in [-0.2, 0) is 4.79 Å². The molecular formula is C20H23N3O3. The van der Waals surface area contributed by atoms with Crippen LogP contribution >= 0.6 is 0 Å². The van der Waals surface area contributed by atoms with Crippen LogP contribution in [0.15, 0.2) is 30.5 Å². The summed E-state index contributed by atoms with van der Waals surface area (Å²) in [4.78, 5) is 26.6. The number of carboxylic acid groups (broad SMARTS) is 1. The Bertz CT molecular complexity index is 888. The molecule has 1 N–H and O–H groups in total. The summed E-state index contributed by atoms with van der Waals surface area (Å²) < 4.78 is 1.77. The molecule has 26 heavy (non-hydrogen) atoms. The van der Waals surface area contributed by atoms with Gasteiger partial charge in [-0.1, -0.05) is 18.6 Å². The maximum Gasteiger partial charge on any atom is 0.311 e. The van der Waals surface area contributed by atoms with E-state index in [0.717, 1.165) is 29.8 Å². The molecule has 0 bridgehead atoms. The quantitative estimate of drug-likeness (QED) is 0.921. The van der Waals surface area contributed by atoms with E-state index in [4.69, 9.17) is 0 Å². The molecule has 1 aliphatic carbocycles. The second-order valence-corrected chi connectivity index (χ2v) is 7.63. The summed E-state index contributed by atoms with van der Waals surface area (Å²) in [6.45, 7) is 4.73. The highest BCUT2D eigenvalue weighted by Gasteiger charge is 2.56. The number of fused-ring (bicyclic) bond motifs is 1. The number of carboxylic acids is 1. The first-order valence-corrected chi connectivity index (χ1v) is 9.07. The summed E-state index contributed by atoms with van der Waals surface area (Å²) in [7, 11) is 0. The summed E-state index contributed by atoms with van der Waals surface area (Å²) in [5, 5.41) is 14.1. The van der Waals surface area contributed by atoms with E-state index in [2.05, 4.69) is 5.10 Å². The van der Waals surface area contributed by atoms with Crippen molar-refractivity contribution in [2.45, 2.75) is 33.1 Å². The molecule has 1 saturated heterocycles. The summed E-state index contributed by atoms with van der Waals surface area (Å²) in [6.07, 6.45) is 4.08. The van der Waals surface area contributed by atoms with Crippen molar-refractivity contribution in [1.29, 1.82) is 0 Å². The molecular weight excluding hydrogens is 330 g/mol. The first-order chi connectivity index (χ1) is 12.4. The van der Waals surface area contributed by atoms with Crippen LogP contribution in [0.4, 0.5) is 0 Å². The minimum absolute atomic E-state index is 0.0658. The van der Waals surface area contributed by atoms with Crippen LogP contribution in [0.1, 0.15) is 40.9 Å². The highest BCUT2D eigenvalue weighted by molar-refractivity contribution is 5.96. The van der Waals surface area contributed by atoms with Gasteiger partial charge in [-0.2, -0.15) is 5.10 Å². The Morgan fingerprint density at radius 3 is 2.81 bits per heavy atom. The average molecular weight is 353 g/mol. The van der Waals surface area contributed by atoms with Crippen molar-refractivity contribution in [3.63, 3.8) is 0 Å². The molecule has 2 aromatic rings. The van der Waals surface area contributed by atoms with E-state index < -0.39 is 11.4 Å². The Kier molecular flexibility index (Phi) is 3.86. The van der Waals surface area contributed by atoms with E-state index in [0.29, 0.717) is 25.1 Å². The Labute approximate surface area is 152 Å². The van der Waals surface area contributed by atoms with Crippen molar-refractivity contribution in [2.24, 2.45) is 11.3 Å². The Balaban J connectivity index is 1.61. The zero-order valence-corrected chi connectivity index (χ0v) is 15.1. The Morgan fingerprint density at radius 2 is 2.12 bits per heavy atom. The third-order valence-electron chi connectivity index (χ3n) is 6.07. The van der Waals surface area contributed by atoms with E-state index in [1.54, 1.807) is 15.8 Å². The van der Waals surface area contributed by atoms with E-state index >= 15 is 0 Å². The number of rotatable bonds is 3. The minimum atomic E-state index is -0.762. The summed E-state index contributed by atoms with van der Waals surface area (Å²) >= 11 is 0. The average Bonchev–Trinajstić information content (AvgIpc) is 3.26. The van der Waals surface area contributed by atoms with Gasteiger partial charge in [-0.25, -0.2) is 4.68 Å². The Hall–Kier alpha value is -2.63. The molecule has 0 spiro atoms. The van der Waals surface area contributed by atoms with Gasteiger partial charge in [-0.3, -0.25) is 9.59 Å². The zero-order valence-electron chi connectivity index (χ0n) is 15.1. The van der Waals surface area contributed by atoms with Gasteiger partial charge in [0.1, 0.15) is 0 Å². The smallest absolute Gasteiger partial charge is 0.311 e. The van der Waals surface area contributed by atoms with Gasteiger partial charge in [0.25, 0.3) is 5.91 Å². The minimum Gasteiger partial charge on any atom is -0.481 e. The molecule has 6 heteroatoms. The summed E-state index contributed by atoms with van der Waals surface area (Å²) in [6, 6.07) is 7.96. The lowest BCUT2D eigenvalue weighted by Gasteiger charge is -2.23. The van der Waals surface area contributed by atoms with E-state index in [1.165, 1.54) is 0 Å². The van der Waals surface area contributed by atoms with Crippen molar-refractivity contribution in [1.82, 2.24) is 14.7 Å². The van der Waals surface area contributed by atoms with Gasteiger partial charge in [-0.05, 0) is 50.3 Å². The number of carbonyl (C=O) groups is 2. The van der Waals surface area contributed by atoms with Gasteiger partial charge in [-0.15, -0.1) is 0 Å². The lowest BCUT2D eigenvalue weighted by atomic mass is 9.81. The number of nitrogens with zero attached hydrogens (tertiary/aromatic N) is 3. The third kappa shape index (κ3) is 2.43. The number of likely N-dealkylation sites (tertiary alicyclic amines) is 1. The van der Waals surface area contributed by atoms with Crippen LogP contribution in [0.5, 0.6) is 0 Å². The fourth-order valence-electron chi connectivity index (χ4n) is 4.60. The first-order valence-electron chi connectivity index (χ1n) is 9.07. The number of amides is 1. The molecule has 1 amide bonds.